The predicted octanol–water partition coefficient (Wildman–Crippen LogP) is 5.51. The van der Waals surface area contributed by atoms with Gasteiger partial charge in [0.2, 0.25) is 0 Å². The van der Waals surface area contributed by atoms with Crippen LogP contribution in [0.5, 0.6) is 5.75 Å². The maximum Gasteiger partial charge on any atom is 0.123 e. The summed E-state index contributed by atoms with van der Waals surface area (Å²) in [6.45, 7) is 7.98. The second kappa shape index (κ2) is 7.63. The van der Waals surface area contributed by atoms with Crippen LogP contribution in [0.4, 0.5) is 0 Å². The van der Waals surface area contributed by atoms with E-state index in [-0.39, 0.29) is 11.2 Å². The standard InChI is InChI=1S/C25H26N2O2/c1-25(2,3)21-6-5-18-13-27-15-20(23(18)11-21)14-26-12-17-4-7-22(24(28)10-17)19-8-9-29-16-19/h4-11,13-14,16,26,28H,12,15H2,1-3H3. The number of phenolic OH excluding ortho intramolecular Hbond substituents is 1. The molecule has 0 fully saturated rings. The average Bonchev–Trinajstić information content (AvgIpc) is 3.21. The first-order valence-corrected chi connectivity index (χ1v) is 9.83. The van der Waals surface area contributed by atoms with Crippen molar-refractivity contribution < 1.29 is 9.52 Å². The van der Waals surface area contributed by atoms with Crippen molar-refractivity contribution in [2.24, 2.45) is 4.99 Å². The molecule has 0 radical (unpaired) electrons. The van der Waals surface area contributed by atoms with Gasteiger partial charge in [0.15, 0.2) is 0 Å². The van der Waals surface area contributed by atoms with Gasteiger partial charge in [0.1, 0.15) is 5.75 Å². The molecule has 1 aliphatic heterocycles. The molecule has 1 aromatic heterocycles. The lowest BCUT2D eigenvalue weighted by molar-refractivity contribution is 0.476. The normalized spacial score (nSPS) is 14.8. The molecule has 4 heteroatoms. The Kier molecular flexibility index (Phi) is 5.01. The van der Waals surface area contributed by atoms with Gasteiger partial charge >= 0.3 is 0 Å². The first-order valence-electron chi connectivity index (χ1n) is 9.83. The van der Waals surface area contributed by atoms with Crippen LogP contribution in [0.1, 0.15) is 43.0 Å². The highest BCUT2D eigenvalue weighted by molar-refractivity contribution is 5.92. The van der Waals surface area contributed by atoms with Gasteiger partial charge in [0.05, 0.1) is 19.1 Å². The Hall–Kier alpha value is -3.27. The number of hydrogen-bond donors (Lipinski definition) is 2. The molecule has 29 heavy (non-hydrogen) atoms. The number of rotatable bonds is 4. The number of nitrogens with zero attached hydrogens (tertiary/aromatic N) is 1. The van der Waals surface area contributed by atoms with Crippen molar-refractivity contribution in [2.45, 2.75) is 32.7 Å². The van der Waals surface area contributed by atoms with Crippen molar-refractivity contribution in [2.75, 3.05) is 6.54 Å². The van der Waals surface area contributed by atoms with Gasteiger partial charge < -0.3 is 14.8 Å². The summed E-state index contributed by atoms with van der Waals surface area (Å²) in [6, 6.07) is 14.2. The number of fused-ring (bicyclic) bond motifs is 1. The second-order valence-electron chi connectivity index (χ2n) is 8.44. The van der Waals surface area contributed by atoms with Crippen LogP contribution in [-0.2, 0) is 12.0 Å². The Labute approximate surface area is 171 Å². The molecule has 0 atom stereocenters. The smallest absolute Gasteiger partial charge is 0.123 e. The van der Waals surface area contributed by atoms with Crippen LogP contribution in [0.3, 0.4) is 0 Å². The molecule has 0 saturated carbocycles. The fourth-order valence-corrected chi connectivity index (χ4v) is 3.51. The van der Waals surface area contributed by atoms with Gasteiger partial charge in [0, 0.05) is 30.1 Å². The average molecular weight is 386 g/mol. The third kappa shape index (κ3) is 4.11. The fourth-order valence-electron chi connectivity index (χ4n) is 3.51. The van der Waals surface area contributed by atoms with E-state index in [9.17, 15) is 5.11 Å². The number of phenols is 1. The molecule has 2 N–H and O–H groups in total. The lowest BCUT2D eigenvalue weighted by Gasteiger charge is -2.22. The van der Waals surface area contributed by atoms with Crippen molar-refractivity contribution >= 4 is 11.8 Å². The first-order chi connectivity index (χ1) is 13.9. The van der Waals surface area contributed by atoms with E-state index in [0.717, 1.165) is 22.3 Å². The lowest BCUT2D eigenvalue weighted by atomic mass is 9.84. The third-order valence-electron chi connectivity index (χ3n) is 5.23. The summed E-state index contributed by atoms with van der Waals surface area (Å²) in [4.78, 5) is 4.49. The van der Waals surface area contributed by atoms with Gasteiger partial charge in [-0.1, -0.05) is 51.1 Å². The fraction of sp³-hybridized carbons (Fsp3) is 0.240. The molecule has 2 aromatic carbocycles. The van der Waals surface area contributed by atoms with Crippen LogP contribution in [0.2, 0.25) is 0 Å². The Morgan fingerprint density at radius 1 is 1.10 bits per heavy atom. The summed E-state index contributed by atoms with van der Waals surface area (Å²) in [7, 11) is 0. The van der Waals surface area contributed by atoms with Gasteiger partial charge in [0.25, 0.3) is 0 Å². The topological polar surface area (TPSA) is 57.8 Å². The summed E-state index contributed by atoms with van der Waals surface area (Å²) in [5.41, 5.74) is 7.63. The Bertz CT molecular complexity index is 1070. The number of benzene rings is 2. The van der Waals surface area contributed by atoms with E-state index in [0.29, 0.717) is 13.1 Å². The maximum atomic E-state index is 10.3. The lowest BCUT2D eigenvalue weighted by Crippen LogP contribution is -2.14. The van der Waals surface area contributed by atoms with Gasteiger partial charge in [-0.25, -0.2) is 0 Å². The SMILES string of the molecule is CC(C)(C)c1ccc2c(c1)C(=CNCc1ccc(-c3ccoc3)c(O)c1)CN=C2. The molecule has 2 heterocycles. The zero-order valence-corrected chi connectivity index (χ0v) is 17.1. The molecule has 148 valence electrons. The minimum Gasteiger partial charge on any atom is -0.507 e. The maximum absolute atomic E-state index is 10.3. The molecule has 0 spiro atoms. The van der Waals surface area contributed by atoms with Crippen LogP contribution in [-0.4, -0.2) is 17.9 Å². The van der Waals surface area contributed by atoms with Crippen molar-refractivity contribution in [3.05, 3.63) is 83.4 Å². The minimum absolute atomic E-state index is 0.108. The van der Waals surface area contributed by atoms with Crippen LogP contribution >= 0.6 is 0 Å². The second-order valence-corrected chi connectivity index (χ2v) is 8.44. The highest BCUT2D eigenvalue weighted by Crippen LogP contribution is 2.31. The quantitative estimate of drug-likeness (QED) is 0.621. The van der Waals surface area contributed by atoms with E-state index in [1.54, 1.807) is 18.6 Å². The van der Waals surface area contributed by atoms with Gasteiger partial charge in [-0.3, -0.25) is 4.99 Å². The number of hydrogen-bond acceptors (Lipinski definition) is 4. The van der Waals surface area contributed by atoms with Crippen molar-refractivity contribution in [1.29, 1.82) is 0 Å². The van der Waals surface area contributed by atoms with E-state index in [1.165, 1.54) is 16.7 Å². The number of aliphatic imine (C=N–C) groups is 1. The molecule has 4 nitrogen and oxygen atoms in total. The molecule has 3 aromatic rings. The van der Waals surface area contributed by atoms with Crippen molar-refractivity contribution in [3.8, 4) is 16.9 Å². The summed E-state index contributed by atoms with van der Waals surface area (Å²) < 4.78 is 5.10. The first kappa shape index (κ1) is 19.1. The number of nitrogens with one attached hydrogen (secondary N) is 1. The Morgan fingerprint density at radius 3 is 2.69 bits per heavy atom. The van der Waals surface area contributed by atoms with E-state index in [1.807, 2.05) is 30.6 Å². The highest BCUT2D eigenvalue weighted by atomic mass is 16.3. The summed E-state index contributed by atoms with van der Waals surface area (Å²) in [6.07, 6.45) is 7.23. The van der Waals surface area contributed by atoms with Gasteiger partial charge in [-0.2, -0.15) is 0 Å². The molecule has 0 saturated heterocycles. The van der Waals surface area contributed by atoms with Gasteiger partial charge in [-0.05, 0) is 45.4 Å². The summed E-state index contributed by atoms with van der Waals surface area (Å²) in [5, 5.41) is 13.7. The molecule has 4 rings (SSSR count). The summed E-state index contributed by atoms with van der Waals surface area (Å²) in [5.74, 6) is 0.251. The van der Waals surface area contributed by atoms with Crippen LogP contribution in [0, 0.1) is 0 Å². The minimum atomic E-state index is 0.108. The molecule has 0 aliphatic carbocycles. The molecule has 1 aliphatic rings. The molecular weight excluding hydrogens is 360 g/mol. The van der Waals surface area contributed by atoms with E-state index in [2.05, 4.69) is 49.3 Å². The van der Waals surface area contributed by atoms with E-state index >= 15 is 0 Å². The van der Waals surface area contributed by atoms with E-state index < -0.39 is 0 Å². The van der Waals surface area contributed by atoms with E-state index in [4.69, 9.17) is 4.42 Å². The zero-order valence-electron chi connectivity index (χ0n) is 17.1. The largest absolute Gasteiger partial charge is 0.507 e. The monoisotopic (exact) mass is 386 g/mol. The predicted molar refractivity (Wildman–Crippen MR) is 118 cm³/mol. The van der Waals surface area contributed by atoms with Crippen LogP contribution in [0.25, 0.3) is 16.7 Å². The molecule has 0 unspecified atom stereocenters. The van der Waals surface area contributed by atoms with Crippen molar-refractivity contribution in [3.63, 3.8) is 0 Å². The summed E-state index contributed by atoms with van der Waals surface area (Å²) >= 11 is 0. The highest BCUT2D eigenvalue weighted by Gasteiger charge is 2.18. The van der Waals surface area contributed by atoms with Crippen LogP contribution < -0.4 is 5.32 Å². The third-order valence-corrected chi connectivity index (χ3v) is 5.23. The number of aromatic hydroxyl groups is 1. The Balaban J connectivity index is 1.51. The van der Waals surface area contributed by atoms with Crippen LogP contribution in [0.15, 0.2) is 70.6 Å². The zero-order chi connectivity index (χ0) is 20.4. The molecule has 0 bridgehead atoms. The molecule has 0 amide bonds. The van der Waals surface area contributed by atoms with Crippen molar-refractivity contribution in [1.82, 2.24) is 5.32 Å². The van der Waals surface area contributed by atoms with Gasteiger partial charge in [-0.15, -0.1) is 0 Å². The Morgan fingerprint density at radius 2 is 1.97 bits per heavy atom. The number of furan rings is 1. The molecular formula is C25H26N2O2.